The minimum Gasteiger partial charge on any atom is -0.489 e. The summed E-state index contributed by atoms with van der Waals surface area (Å²) >= 11 is 0. The van der Waals surface area contributed by atoms with Gasteiger partial charge in [0.2, 0.25) is 0 Å². The minimum atomic E-state index is -0.899. The van der Waals surface area contributed by atoms with Gasteiger partial charge in [-0.15, -0.1) is 0 Å². The van der Waals surface area contributed by atoms with Crippen LogP contribution in [0.1, 0.15) is 24.0 Å². The molecule has 0 aliphatic carbocycles. The van der Waals surface area contributed by atoms with Crippen LogP contribution >= 0.6 is 0 Å². The molecule has 0 fully saturated rings. The Morgan fingerprint density at radius 2 is 1.76 bits per heavy atom. The maximum atomic E-state index is 13.1. The van der Waals surface area contributed by atoms with Crippen LogP contribution < -0.4 is 10.1 Å². The molecular formula is C17H19F2NO. The Kier molecular flexibility index (Phi) is 5.28. The highest BCUT2D eigenvalue weighted by Crippen LogP contribution is 2.18. The van der Waals surface area contributed by atoms with Crippen molar-refractivity contribution in [2.75, 3.05) is 13.6 Å². The summed E-state index contributed by atoms with van der Waals surface area (Å²) < 4.78 is 31.3. The second-order valence-electron chi connectivity index (χ2n) is 5.06. The quantitative estimate of drug-likeness (QED) is 0.872. The van der Waals surface area contributed by atoms with E-state index in [1.807, 2.05) is 19.2 Å². The zero-order chi connectivity index (χ0) is 15.2. The fourth-order valence-corrected chi connectivity index (χ4v) is 2.10. The van der Waals surface area contributed by atoms with Gasteiger partial charge in [0.05, 0.1) is 0 Å². The highest BCUT2D eigenvalue weighted by atomic mass is 19.2. The molecule has 4 heteroatoms. The average molecular weight is 291 g/mol. The van der Waals surface area contributed by atoms with Crippen molar-refractivity contribution in [3.05, 3.63) is 65.2 Å². The third-order valence-electron chi connectivity index (χ3n) is 3.36. The van der Waals surface area contributed by atoms with Gasteiger partial charge in [-0.3, -0.25) is 0 Å². The van der Waals surface area contributed by atoms with Crippen molar-refractivity contribution in [2.24, 2.45) is 0 Å². The summed E-state index contributed by atoms with van der Waals surface area (Å²) in [4.78, 5) is 0. The molecule has 2 rings (SSSR count). The number of benzene rings is 2. The maximum Gasteiger partial charge on any atom is 0.162 e. The van der Waals surface area contributed by atoms with E-state index >= 15 is 0 Å². The normalized spacial score (nSPS) is 12.2. The van der Waals surface area contributed by atoms with E-state index < -0.39 is 11.6 Å². The molecule has 1 N–H and O–H groups in total. The summed E-state index contributed by atoms with van der Waals surface area (Å²) in [5.74, 6) is -1.01. The molecule has 0 radical (unpaired) electrons. The lowest BCUT2D eigenvalue weighted by atomic mass is 10.00. The molecule has 0 bridgehead atoms. The van der Waals surface area contributed by atoms with Crippen molar-refractivity contribution >= 4 is 0 Å². The molecule has 0 saturated carbocycles. The number of ether oxygens (including phenoxy) is 1. The Morgan fingerprint density at radius 3 is 2.38 bits per heavy atom. The molecule has 2 nitrogen and oxygen atoms in total. The van der Waals surface area contributed by atoms with Crippen LogP contribution in [-0.4, -0.2) is 13.6 Å². The number of halogens is 2. The fourth-order valence-electron chi connectivity index (χ4n) is 2.10. The molecule has 0 heterocycles. The Labute approximate surface area is 123 Å². The summed E-state index contributed by atoms with van der Waals surface area (Å²) in [7, 11) is 1.93. The smallest absolute Gasteiger partial charge is 0.162 e. The molecular weight excluding hydrogens is 272 g/mol. The third-order valence-corrected chi connectivity index (χ3v) is 3.36. The predicted octanol–water partition coefficient (Wildman–Crippen LogP) is 3.87. The van der Waals surface area contributed by atoms with Crippen LogP contribution in [0.25, 0.3) is 0 Å². The van der Waals surface area contributed by atoms with Gasteiger partial charge >= 0.3 is 0 Å². The van der Waals surface area contributed by atoms with Crippen molar-refractivity contribution in [1.29, 1.82) is 0 Å². The van der Waals surface area contributed by atoms with Crippen molar-refractivity contribution in [3.8, 4) is 5.75 Å². The molecule has 21 heavy (non-hydrogen) atoms. The SMILES string of the molecule is CNCC(C)c1ccc(COc2ccc(F)c(F)c2)cc1. The highest BCUT2D eigenvalue weighted by molar-refractivity contribution is 5.27. The van der Waals surface area contributed by atoms with Crippen LogP contribution in [0, 0.1) is 11.6 Å². The summed E-state index contributed by atoms with van der Waals surface area (Å²) in [6, 6.07) is 11.6. The summed E-state index contributed by atoms with van der Waals surface area (Å²) in [6.07, 6.45) is 0. The first-order valence-electron chi connectivity index (χ1n) is 6.91. The van der Waals surface area contributed by atoms with Crippen molar-refractivity contribution in [1.82, 2.24) is 5.32 Å². The molecule has 0 amide bonds. The topological polar surface area (TPSA) is 21.3 Å². The molecule has 0 spiro atoms. The van der Waals surface area contributed by atoms with Crippen molar-refractivity contribution < 1.29 is 13.5 Å². The van der Waals surface area contributed by atoms with Gasteiger partial charge in [-0.25, -0.2) is 8.78 Å². The second-order valence-corrected chi connectivity index (χ2v) is 5.06. The minimum absolute atomic E-state index is 0.321. The first kappa shape index (κ1) is 15.4. The summed E-state index contributed by atoms with van der Waals surface area (Å²) in [6.45, 7) is 3.40. The lowest BCUT2D eigenvalue weighted by molar-refractivity contribution is 0.303. The number of nitrogens with one attached hydrogen (secondary N) is 1. The molecule has 0 aromatic heterocycles. The third kappa shape index (κ3) is 4.26. The van der Waals surface area contributed by atoms with E-state index in [1.165, 1.54) is 11.6 Å². The van der Waals surface area contributed by atoms with E-state index in [0.717, 1.165) is 24.2 Å². The van der Waals surface area contributed by atoms with Crippen molar-refractivity contribution in [2.45, 2.75) is 19.4 Å². The Bertz CT molecular complexity index is 584. The van der Waals surface area contributed by atoms with Gasteiger partial charge in [-0.2, -0.15) is 0 Å². The van der Waals surface area contributed by atoms with E-state index in [0.29, 0.717) is 18.3 Å². The Balaban J connectivity index is 1.95. The Hall–Kier alpha value is -1.94. The standard InChI is InChI=1S/C17H19F2NO/c1-12(10-20-2)14-5-3-13(4-6-14)11-21-15-7-8-16(18)17(19)9-15/h3-9,12,20H,10-11H2,1-2H3. The largest absolute Gasteiger partial charge is 0.489 e. The Morgan fingerprint density at radius 1 is 1.05 bits per heavy atom. The summed E-state index contributed by atoms with van der Waals surface area (Å²) in [5.41, 5.74) is 2.24. The van der Waals surface area contributed by atoms with Crippen LogP contribution in [0.5, 0.6) is 5.75 Å². The molecule has 0 aliphatic rings. The number of hydrogen-bond donors (Lipinski definition) is 1. The second kappa shape index (κ2) is 7.18. The average Bonchev–Trinajstić information content (AvgIpc) is 2.49. The molecule has 0 saturated heterocycles. The lowest BCUT2D eigenvalue weighted by Gasteiger charge is -2.12. The predicted molar refractivity (Wildman–Crippen MR) is 79.5 cm³/mol. The van der Waals surface area contributed by atoms with Crippen molar-refractivity contribution in [3.63, 3.8) is 0 Å². The number of likely N-dealkylation sites (N-methyl/N-ethyl adjacent to an activating group) is 1. The van der Waals surface area contributed by atoms with Gasteiger partial charge in [-0.05, 0) is 36.2 Å². The van der Waals surface area contributed by atoms with E-state index in [4.69, 9.17) is 4.74 Å². The first-order valence-corrected chi connectivity index (χ1v) is 6.91. The van der Waals surface area contributed by atoms with Crippen LogP contribution in [-0.2, 0) is 6.61 Å². The van der Waals surface area contributed by atoms with Crippen LogP contribution in [0.4, 0.5) is 8.78 Å². The molecule has 1 unspecified atom stereocenters. The highest BCUT2D eigenvalue weighted by Gasteiger charge is 2.05. The zero-order valence-electron chi connectivity index (χ0n) is 12.2. The molecule has 112 valence electrons. The molecule has 2 aromatic carbocycles. The fraction of sp³-hybridized carbons (Fsp3) is 0.294. The van der Waals surface area contributed by atoms with Gasteiger partial charge in [0.15, 0.2) is 11.6 Å². The molecule has 0 aliphatic heterocycles. The van der Waals surface area contributed by atoms with E-state index in [2.05, 4.69) is 24.4 Å². The van der Waals surface area contributed by atoms with Gasteiger partial charge in [0.1, 0.15) is 12.4 Å². The monoisotopic (exact) mass is 291 g/mol. The van der Waals surface area contributed by atoms with E-state index in [1.54, 1.807) is 0 Å². The van der Waals surface area contributed by atoms with Crippen LogP contribution in [0.15, 0.2) is 42.5 Å². The summed E-state index contributed by atoms with van der Waals surface area (Å²) in [5, 5.41) is 3.15. The molecule has 2 aromatic rings. The van der Waals surface area contributed by atoms with Gasteiger partial charge in [-0.1, -0.05) is 31.2 Å². The maximum absolute atomic E-state index is 13.1. The van der Waals surface area contributed by atoms with Crippen LogP contribution in [0.3, 0.4) is 0 Å². The van der Waals surface area contributed by atoms with Gasteiger partial charge < -0.3 is 10.1 Å². The lowest BCUT2D eigenvalue weighted by Crippen LogP contribution is -2.14. The number of hydrogen-bond acceptors (Lipinski definition) is 2. The zero-order valence-corrected chi connectivity index (χ0v) is 12.2. The number of rotatable bonds is 6. The van der Waals surface area contributed by atoms with Gasteiger partial charge in [0.25, 0.3) is 0 Å². The first-order chi connectivity index (χ1) is 10.1. The molecule has 1 atom stereocenters. The van der Waals surface area contributed by atoms with Crippen LogP contribution in [0.2, 0.25) is 0 Å². The van der Waals surface area contributed by atoms with E-state index in [9.17, 15) is 8.78 Å². The van der Waals surface area contributed by atoms with Gasteiger partial charge in [0, 0.05) is 12.6 Å². The van der Waals surface area contributed by atoms with E-state index in [-0.39, 0.29) is 0 Å².